The first-order valence-electron chi connectivity index (χ1n) is 3.02. The molecule has 2 heteroatoms. The zero-order chi connectivity index (χ0) is 7.98. The van der Waals surface area contributed by atoms with Gasteiger partial charge in [0, 0.05) is 13.0 Å². The van der Waals surface area contributed by atoms with Crippen LogP contribution in [0.25, 0.3) is 0 Å². The minimum absolute atomic E-state index is 0.101. The van der Waals surface area contributed by atoms with E-state index in [0.29, 0.717) is 6.54 Å². The largest absolute Gasteiger partial charge is 0.293 e. The van der Waals surface area contributed by atoms with Crippen LogP contribution in [0.3, 0.4) is 0 Å². The van der Waals surface area contributed by atoms with Gasteiger partial charge in [0.25, 0.3) is 0 Å². The van der Waals surface area contributed by atoms with Gasteiger partial charge in [0.05, 0.1) is 0 Å². The van der Waals surface area contributed by atoms with Crippen LogP contribution < -0.4 is 0 Å². The van der Waals surface area contributed by atoms with E-state index >= 15 is 0 Å². The fourth-order valence-electron chi connectivity index (χ4n) is 0.521. The van der Waals surface area contributed by atoms with E-state index in [0.717, 1.165) is 0 Å². The monoisotopic (exact) mass is 138 g/mol. The molecule has 0 atom stereocenters. The van der Waals surface area contributed by atoms with E-state index in [1.165, 1.54) is 6.92 Å². The molecular weight excluding hydrogens is 126 g/mol. The van der Waals surface area contributed by atoms with Gasteiger partial charge < -0.3 is 0 Å². The lowest BCUT2D eigenvalue weighted by Gasteiger charge is -1.87. The van der Waals surface area contributed by atoms with E-state index in [1.54, 1.807) is 22.9 Å². The molecule has 10 heavy (non-hydrogen) atoms. The maximum absolute atomic E-state index is 10.5. The van der Waals surface area contributed by atoms with Gasteiger partial charge in [-0.05, 0) is 0 Å². The van der Waals surface area contributed by atoms with Gasteiger partial charge in [-0.3, -0.25) is 4.79 Å². The summed E-state index contributed by atoms with van der Waals surface area (Å²) >= 11 is 0. The number of carbonyl (C=O) groups excluding carboxylic acids is 1. The Bertz CT molecular complexity index is 180. The van der Waals surface area contributed by atoms with Gasteiger partial charge >= 0.3 is 0 Å². The van der Waals surface area contributed by atoms with Gasteiger partial charge in [0.1, 0.15) is 6.72 Å². The van der Waals surface area contributed by atoms with Crippen LogP contribution in [0.5, 0.6) is 0 Å². The van der Waals surface area contributed by atoms with Crippen LogP contribution in [0.2, 0.25) is 0 Å². The highest BCUT2D eigenvalue weighted by molar-refractivity contribution is 5.76. The van der Waals surface area contributed by atoms with Crippen LogP contribution in [-0.2, 0) is 4.79 Å². The van der Waals surface area contributed by atoms with Crippen molar-refractivity contribution in [3.8, 4) is 0 Å². The fraction of sp³-hybridized carbons (Fsp3) is 0.250. The molecule has 0 heterocycles. The highest BCUT2D eigenvalue weighted by atomic mass is 16.1. The van der Waals surface area contributed by atoms with Crippen LogP contribution in [0.4, 0.5) is 0 Å². The lowest BCUT2D eigenvalue weighted by molar-refractivity contribution is -0.434. The summed E-state index contributed by atoms with van der Waals surface area (Å²) < 4.78 is 1.56. The summed E-state index contributed by atoms with van der Waals surface area (Å²) in [6.45, 7) is 8.96. The van der Waals surface area contributed by atoms with Crippen LogP contribution in [0, 0.1) is 0 Å². The Balaban J connectivity index is 3.75. The van der Waals surface area contributed by atoms with E-state index < -0.39 is 0 Å². The lowest BCUT2D eigenvalue weighted by atomic mass is 10.4. The first kappa shape index (κ1) is 8.82. The van der Waals surface area contributed by atoms with Gasteiger partial charge in [0.15, 0.2) is 12.0 Å². The highest BCUT2D eigenvalue weighted by Crippen LogP contribution is 1.78. The third-order valence-corrected chi connectivity index (χ3v) is 0.859. The van der Waals surface area contributed by atoms with Crippen molar-refractivity contribution in [2.24, 2.45) is 0 Å². The molecule has 0 saturated heterocycles. The molecule has 0 N–H and O–H groups in total. The standard InChI is InChI=1S/C8H12NO/c1-4-5-6-9(3)7-8(2)10/h4-6H,1,3,7H2,2H3/q+1/b6-5-. The molecule has 0 spiro atoms. The number of allylic oxidation sites excluding steroid dienone is 2. The van der Waals surface area contributed by atoms with Crippen molar-refractivity contribution in [3.63, 3.8) is 0 Å². The van der Waals surface area contributed by atoms with Crippen LogP contribution >= 0.6 is 0 Å². The molecule has 0 rings (SSSR count). The topological polar surface area (TPSA) is 20.1 Å². The molecule has 0 aliphatic heterocycles. The Morgan fingerprint density at radius 2 is 2.30 bits per heavy atom. The molecule has 0 aromatic rings. The third-order valence-electron chi connectivity index (χ3n) is 0.859. The van der Waals surface area contributed by atoms with Crippen molar-refractivity contribution < 1.29 is 9.37 Å². The molecule has 0 saturated carbocycles. The maximum atomic E-state index is 10.5. The average molecular weight is 138 g/mol. The first-order valence-corrected chi connectivity index (χ1v) is 3.02. The van der Waals surface area contributed by atoms with E-state index in [2.05, 4.69) is 13.3 Å². The van der Waals surface area contributed by atoms with Gasteiger partial charge in [-0.25, -0.2) is 4.58 Å². The van der Waals surface area contributed by atoms with Crippen molar-refractivity contribution in [3.05, 3.63) is 24.9 Å². The summed E-state index contributed by atoms with van der Waals surface area (Å²) in [6, 6.07) is 0. The number of Topliss-reactive ketones (excluding diaryl/α,β-unsaturated/α-hetero) is 1. The predicted molar refractivity (Wildman–Crippen MR) is 42.3 cm³/mol. The molecule has 0 aliphatic carbocycles. The molecule has 2 nitrogen and oxygen atoms in total. The van der Waals surface area contributed by atoms with Crippen molar-refractivity contribution in [1.82, 2.24) is 0 Å². The quantitative estimate of drug-likeness (QED) is 0.322. The van der Waals surface area contributed by atoms with Gasteiger partial charge in [-0.2, -0.15) is 0 Å². The number of ketones is 1. The van der Waals surface area contributed by atoms with E-state index in [4.69, 9.17) is 0 Å². The van der Waals surface area contributed by atoms with E-state index in [9.17, 15) is 4.79 Å². The second-order valence-electron chi connectivity index (χ2n) is 2.03. The zero-order valence-electron chi connectivity index (χ0n) is 6.21. The van der Waals surface area contributed by atoms with Gasteiger partial charge in [-0.1, -0.05) is 12.7 Å². The minimum Gasteiger partial charge on any atom is -0.293 e. The first-order chi connectivity index (χ1) is 4.66. The molecule has 0 bridgehead atoms. The molecule has 0 fully saturated rings. The second-order valence-corrected chi connectivity index (χ2v) is 2.03. The van der Waals surface area contributed by atoms with Crippen LogP contribution in [0.1, 0.15) is 6.92 Å². The molecule has 0 aromatic heterocycles. The number of hydrogen-bond acceptors (Lipinski definition) is 1. The highest BCUT2D eigenvalue weighted by Gasteiger charge is 1.98. The third kappa shape index (κ3) is 4.97. The Morgan fingerprint density at radius 1 is 1.70 bits per heavy atom. The number of nitrogens with zero attached hydrogens (tertiary/aromatic N) is 1. The summed E-state index contributed by atoms with van der Waals surface area (Å²) in [7, 11) is 0. The van der Waals surface area contributed by atoms with Crippen molar-refractivity contribution in [2.45, 2.75) is 6.92 Å². The average Bonchev–Trinajstić information content (AvgIpc) is 1.82. The number of hydrogen-bond donors (Lipinski definition) is 0. The summed E-state index contributed by atoms with van der Waals surface area (Å²) in [6.07, 6.45) is 5.07. The summed E-state index contributed by atoms with van der Waals surface area (Å²) in [5.41, 5.74) is 0. The molecule has 0 amide bonds. The second kappa shape index (κ2) is 4.68. The van der Waals surface area contributed by atoms with Crippen molar-refractivity contribution >= 4 is 12.5 Å². The Kier molecular flexibility index (Phi) is 4.12. The Morgan fingerprint density at radius 3 is 2.70 bits per heavy atom. The van der Waals surface area contributed by atoms with Gasteiger partial charge in [-0.15, -0.1) is 0 Å². The molecule has 0 aliphatic rings. The number of carbonyl (C=O) groups is 1. The van der Waals surface area contributed by atoms with Crippen LogP contribution in [0.15, 0.2) is 24.9 Å². The van der Waals surface area contributed by atoms with Crippen LogP contribution in [-0.4, -0.2) is 23.6 Å². The molecular formula is C8H12NO+. The van der Waals surface area contributed by atoms with E-state index in [1.807, 2.05) is 0 Å². The summed E-state index contributed by atoms with van der Waals surface area (Å²) in [5.74, 6) is 0.101. The maximum Gasteiger partial charge on any atom is 0.205 e. The Labute approximate surface area is 61.2 Å². The zero-order valence-corrected chi connectivity index (χ0v) is 6.21. The van der Waals surface area contributed by atoms with Crippen molar-refractivity contribution in [1.29, 1.82) is 0 Å². The summed E-state index contributed by atoms with van der Waals surface area (Å²) in [4.78, 5) is 10.5. The fourth-order valence-corrected chi connectivity index (χ4v) is 0.521. The summed E-state index contributed by atoms with van der Waals surface area (Å²) in [5, 5.41) is 0. The predicted octanol–water partition coefficient (Wildman–Crippen LogP) is 0.988. The SMILES string of the molecule is C=C/C=C\[N+](=C)CC(C)=O. The molecule has 0 unspecified atom stereocenters. The van der Waals surface area contributed by atoms with Gasteiger partial charge in [0.2, 0.25) is 6.54 Å². The minimum atomic E-state index is 0.101. The molecule has 54 valence electrons. The van der Waals surface area contributed by atoms with E-state index in [-0.39, 0.29) is 5.78 Å². The number of rotatable bonds is 4. The molecule has 0 aromatic carbocycles. The normalized spacial score (nSPS) is 9.70. The molecule has 0 radical (unpaired) electrons. The lowest BCUT2D eigenvalue weighted by Crippen LogP contribution is -2.10. The Hall–Kier alpha value is -1.18. The smallest absolute Gasteiger partial charge is 0.205 e. The van der Waals surface area contributed by atoms with Crippen molar-refractivity contribution in [2.75, 3.05) is 6.54 Å².